The predicted molar refractivity (Wildman–Crippen MR) is 122 cm³/mol. The fourth-order valence-electron chi connectivity index (χ4n) is 4.52. The van der Waals surface area contributed by atoms with Gasteiger partial charge >= 0.3 is 0 Å². The number of aromatic amines is 1. The van der Waals surface area contributed by atoms with Gasteiger partial charge < -0.3 is 9.88 Å². The number of amides is 1. The van der Waals surface area contributed by atoms with Crippen molar-refractivity contribution in [3.63, 3.8) is 0 Å². The molecule has 1 aromatic carbocycles. The quantitative estimate of drug-likeness (QED) is 0.590. The number of sulfonamides is 1. The summed E-state index contributed by atoms with van der Waals surface area (Å²) in [5, 5.41) is 0.690. The largest absolute Gasteiger partial charge is 0.340 e. The van der Waals surface area contributed by atoms with Crippen molar-refractivity contribution in [2.24, 2.45) is 0 Å². The minimum atomic E-state index is -3.95. The van der Waals surface area contributed by atoms with Crippen molar-refractivity contribution in [3.8, 4) is 0 Å². The molecule has 2 aromatic heterocycles. The molecule has 8 nitrogen and oxygen atoms in total. The maximum Gasteiger partial charge on any atom is 0.259 e. The number of hydrogen-bond donors (Lipinski definition) is 1. The first-order chi connectivity index (χ1) is 15.8. The number of fused-ring (bicyclic) bond motifs is 3. The van der Waals surface area contributed by atoms with E-state index in [1.807, 2.05) is 0 Å². The highest BCUT2D eigenvalue weighted by Crippen LogP contribution is 2.34. The van der Waals surface area contributed by atoms with Gasteiger partial charge in [0.15, 0.2) is 0 Å². The second-order valence-electron chi connectivity index (χ2n) is 8.27. The van der Waals surface area contributed by atoms with Crippen molar-refractivity contribution in [3.05, 3.63) is 56.7 Å². The first-order valence-corrected chi connectivity index (χ1v) is 13.2. The van der Waals surface area contributed by atoms with Gasteiger partial charge in [-0.3, -0.25) is 9.59 Å². The topological polar surface area (TPSA) is 103 Å². The molecule has 1 saturated heterocycles. The van der Waals surface area contributed by atoms with Gasteiger partial charge in [0.25, 0.3) is 5.56 Å². The summed E-state index contributed by atoms with van der Waals surface area (Å²) in [5.74, 6) is -0.429. The summed E-state index contributed by atoms with van der Waals surface area (Å²) in [6.07, 6.45) is 3.44. The number of rotatable bonds is 5. The maximum atomic E-state index is 14.0. The number of halogens is 1. The Kier molecular flexibility index (Phi) is 5.79. The molecule has 0 spiro atoms. The van der Waals surface area contributed by atoms with Crippen LogP contribution in [0.1, 0.15) is 29.1 Å². The molecule has 1 N–H and O–H groups in total. The van der Waals surface area contributed by atoms with Crippen molar-refractivity contribution in [2.45, 2.75) is 37.0 Å². The Labute approximate surface area is 194 Å². The number of benzene rings is 1. The predicted octanol–water partition coefficient (Wildman–Crippen LogP) is 2.08. The van der Waals surface area contributed by atoms with E-state index in [4.69, 9.17) is 0 Å². The molecule has 3 aromatic rings. The monoisotopic (exact) mass is 490 g/mol. The molecular formula is C22H23FN4O4S2. The van der Waals surface area contributed by atoms with Crippen molar-refractivity contribution in [1.29, 1.82) is 0 Å². The van der Waals surface area contributed by atoms with Crippen LogP contribution in [0.4, 0.5) is 4.39 Å². The molecule has 1 aliphatic heterocycles. The first kappa shape index (κ1) is 22.2. The summed E-state index contributed by atoms with van der Waals surface area (Å²) in [7, 11) is -3.95. The third-order valence-electron chi connectivity index (χ3n) is 6.25. The second kappa shape index (κ2) is 8.62. The van der Waals surface area contributed by atoms with Crippen LogP contribution >= 0.6 is 11.3 Å². The van der Waals surface area contributed by atoms with E-state index in [0.29, 0.717) is 17.6 Å². The van der Waals surface area contributed by atoms with Crippen LogP contribution in [0.3, 0.4) is 0 Å². The third-order valence-corrected chi connectivity index (χ3v) is 9.36. The van der Waals surface area contributed by atoms with Gasteiger partial charge in [-0.25, -0.2) is 17.8 Å². The lowest BCUT2D eigenvalue weighted by Crippen LogP contribution is -2.50. The Morgan fingerprint density at radius 2 is 1.91 bits per heavy atom. The van der Waals surface area contributed by atoms with E-state index >= 15 is 0 Å². The van der Waals surface area contributed by atoms with E-state index in [1.54, 1.807) is 16.2 Å². The number of thiophene rings is 1. The molecule has 1 aliphatic carbocycles. The fraction of sp³-hybridized carbons (Fsp3) is 0.409. The van der Waals surface area contributed by atoms with Gasteiger partial charge in [-0.2, -0.15) is 4.31 Å². The van der Waals surface area contributed by atoms with Crippen LogP contribution in [-0.2, 0) is 34.1 Å². The molecule has 1 amide bonds. The molecule has 0 saturated carbocycles. The standard InChI is InChI=1S/C22H23FN4O4S2/c23-15-5-1-2-7-17(15)33(30,31)27-12-10-26(11-13-27)19(28)9-8-18-24-21(29)20-14-4-3-6-16(14)32-22(20)25-18/h1-2,5,7H,3-4,6,8-13H2,(H,24,25,29). The normalized spacial score (nSPS) is 16.9. The summed E-state index contributed by atoms with van der Waals surface area (Å²) in [5.41, 5.74) is 0.975. The number of piperazine rings is 1. The van der Waals surface area contributed by atoms with E-state index in [2.05, 4.69) is 9.97 Å². The number of aromatic nitrogens is 2. The number of nitrogens with zero attached hydrogens (tertiary/aromatic N) is 3. The molecular weight excluding hydrogens is 467 g/mol. The summed E-state index contributed by atoms with van der Waals surface area (Å²) in [6.45, 7) is 0.661. The van der Waals surface area contributed by atoms with Gasteiger partial charge in [-0.1, -0.05) is 12.1 Å². The molecule has 33 heavy (non-hydrogen) atoms. The van der Waals surface area contributed by atoms with E-state index in [-0.39, 0.29) is 49.0 Å². The van der Waals surface area contributed by atoms with Crippen LogP contribution in [0, 0.1) is 5.82 Å². The van der Waals surface area contributed by atoms with Gasteiger partial charge in [0.1, 0.15) is 21.4 Å². The van der Waals surface area contributed by atoms with E-state index in [1.165, 1.54) is 27.4 Å². The third kappa shape index (κ3) is 4.09. The fourth-order valence-corrected chi connectivity index (χ4v) is 7.29. The van der Waals surface area contributed by atoms with Crippen LogP contribution in [-0.4, -0.2) is 59.7 Å². The summed E-state index contributed by atoms with van der Waals surface area (Å²) < 4.78 is 40.6. The Morgan fingerprint density at radius 1 is 1.15 bits per heavy atom. The lowest BCUT2D eigenvalue weighted by Gasteiger charge is -2.34. The van der Waals surface area contributed by atoms with E-state index in [9.17, 15) is 22.4 Å². The molecule has 3 heterocycles. The molecule has 0 bridgehead atoms. The smallest absolute Gasteiger partial charge is 0.259 e. The Bertz CT molecular complexity index is 1390. The molecule has 2 aliphatic rings. The highest BCUT2D eigenvalue weighted by molar-refractivity contribution is 7.89. The van der Waals surface area contributed by atoms with Crippen molar-refractivity contribution in [2.75, 3.05) is 26.2 Å². The highest BCUT2D eigenvalue weighted by atomic mass is 32.2. The minimum Gasteiger partial charge on any atom is -0.340 e. The zero-order valence-electron chi connectivity index (χ0n) is 17.8. The second-order valence-corrected chi connectivity index (χ2v) is 11.3. The number of hydrogen-bond acceptors (Lipinski definition) is 6. The Hall–Kier alpha value is -2.63. The van der Waals surface area contributed by atoms with Crippen LogP contribution in [0.2, 0.25) is 0 Å². The zero-order valence-corrected chi connectivity index (χ0v) is 19.5. The number of nitrogens with one attached hydrogen (secondary N) is 1. The summed E-state index contributed by atoms with van der Waals surface area (Å²) >= 11 is 1.56. The number of H-pyrrole nitrogens is 1. The molecule has 0 atom stereocenters. The van der Waals surface area contributed by atoms with E-state index in [0.717, 1.165) is 35.7 Å². The van der Waals surface area contributed by atoms with Crippen LogP contribution in [0.5, 0.6) is 0 Å². The maximum absolute atomic E-state index is 14.0. The molecule has 1 fully saturated rings. The lowest BCUT2D eigenvalue weighted by molar-refractivity contribution is -0.132. The van der Waals surface area contributed by atoms with Crippen molar-refractivity contribution in [1.82, 2.24) is 19.2 Å². The highest BCUT2D eigenvalue weighted by Gasteiger charge is 2.31. The molecule has 5 rings (SSSR count). The van der Waals surface area contributed by atoms with Gasteiger partial charge in [0, 0.05) is 43.9 Å². The Morgan fingerprint density at radius 3 is 2.67 bits per heavy atom. The molecule has 0 unspecified atom stereocenters. The average Bonchev–Trinajstić information content (AvgIpc) is 3.39. The van der Waals surface area contributed by atoms with Gasteiger partial charge in [0.2, 0.25) is 15.9 Å². The SMILES string of the molecule is O=C(CCc1nc2sc3c(c2c(=O)[nH]1)CCC3)N1CCN(S(=O)(=O)c2ccccc2F)CC1. The Balaban J connectivity index is 1.21. The molecule has 11 heteroatoms. The van der Waals surface area contributed by atoms with Crippen molar-refractivity contribution >= 4 is 37.5 Å². The lowest BCUT2D eigenvalue weighted by atomic mass is 10.2. The van der Waals surface area contributed by atoms with Crippen molar-refractivity contribution < 1.29 is 17.6 Å². The van der Waals surface area contributed by atoms with Gasteiger partial charge in [-0.15, -0.1) is 11.3 Å². The van der Waals surface area contributed by atoms with Crippen LogP contribution in [0.15, 0.2) is 34.0 Å². The van der Waals surface area contributed by atoms with Crippen LogP contribution in [0.25, 0.3) is 10.2 Å². The molecule has 0 radical (unpaired) electrons. The van der Waals surface area contributed by atoms with Crippen LogP contribution < -0.4 is 5.56 Å². The average molecular weight is 491 g/mol. The zero-order chi connectivity index (χ0) is 23.2. The number of carbonyl (C=O) groups excluding carboxylic acids is 1. The van der Waals surface area contributed by atoms with E-state index < -0.39 is 15.8 Å². The number of carbonyl (C=O) groups is 1. The number of aryl methyl sites for hydroxylation is 3. The minimum absolute atomic E-state index is 0.101. The summed E-state index contributed by atoms with van der Waals surface area (Å²) in [6, 6.07) is 5.28. The van der Waals surface area contributed by atoms with Gasteiger partial charge in [0.05, 0.1) is 5.39 Å². The van der Waals surface area contributed by atoms with Gasteiger partial charge in [-0.05, 0) is 37.0 Å². The molecule has 174 valence electrons. The summed E-state index contributed by atoms with van der Waals surface area (Å²) in [4.78, 5) is 35.9. The first-order valence-electron chi connectivity index (χ1n) is 10.9.